The molecular weight excluding hydrogens is 459 g/mol. The Morgan fingerprint density at radius 3 is 2.59 bits per heavy atom. The van der Waals surface area contributed by atoms with Crippen molar-refractivity contribution in [3.05, 3.63) is 47.5 Å². The number of nitrogens with zero attached hydrogens (tertiary/aromatic N) is 3. The Morgan fingerprint density at radius 1 is 1.16 bits per heavy atom. The van der Waals surface area contributed by atoms with Crippen molar-refractivity contribution in [2.45, 2.75) is 18.9 Å². The highest BCUT2D eigenvalue weighted by Gasteiger charge is 2.27. The number of aromatic nitrogens is 2. The molecule has 11 heteroatoms. The van der Waals surface area contributed by atoms with Gasteiger partial charge in [-0.3, -0.25) is 0 Å². The maximum atomic E-state index is 14.2. The van der Waals surface area contributed by atoms with Gasteiger partial charge in [-0.05, 0) is 37.1 Å². The molecule has 1 N–H and O–H groups in total. The summed E-state index contributed by atoms with van der Waals surface area (Å²) < 4.78 is 50.8. The molecule has 1 aliphatic heterocycles. The molecule has 0 spiro atoms. The Hall–Kier alpha value is -2.69. The zero-order valence-electron chi connectivity index (χ0n) is 17.5. The number of rotatable bonds is 6. The number of piperidine rings is 1. The van der Waals surface area contributed by atoms with Gasteiger partial charge in [0, 0.05) is 29.6 Å². The standard InChI is InChI=1S/C21H22ClFN4O4S/c1-30-19-11-17-15(10-20(19)31-14-5-7-27(8-6-14)32(2,28)29)21(25-12-24-17)26-18-9-13(22)3-4-16(18)23/h3-4,9-12,14H,5-8H2,1-2H3,(H,24,25,26). The van der Waals surface area contributed by atoms with Crippen molar-refractivity contribution < 1.29 is 22.3 Å². The zero-order chi connectivity index (χ0) is 22.9. The van der Waals surface area contributed by atoms with E-state index >= 15 is 0 Å². The van der Waals surface area contributed by atoms with Crippen molar-refractivity contribution in [2.24, 2.45) is 0 Å². The number of halogens is 2. The van der Waals surface area contributed by atoms with E-state index in [9.17, 15) is 12.8 Å². The fourth-order valence-electron chi connectivity index (χ4n) is 3.60. The minimum Gasteiger partial charge on any atom is -0.493 e. The molecule has 0 radical (unpaired) electrons. The molecule has 1 saturated heterocycles. The average molecular weight is 481 g/mol. The molecule has 1 fully saturated rings. The quantitative estimate of drug-likeness (QED) is 0.570. The lowest BCUT2D eigenvalue weighted by Crippen LogP contribution is -2.41. The zero-order valence-corrected chi connectivity index (χ0v) is 19.1. The van der Waals surface area contributed by atoms with E-state index in [-0.39, 0.29) is 11.8 Å². The summed E-state index contributed by atoms with van der Waals surface area (Å²) >= 11 is 6.00. The molecular formula is C21H22ClFN4O4S. The third kappa shape index (κ3) is 4.87. The van der Waals surface area contributed by atoms with Crippen molar-refractivity contribution in [3.63, 3.8) is 0 Å². The molecule has 4 rings (SSSR count). The summed E-state index contributed by atoms with van der Waals surface area (Å²) in [7, 11) is -1.69. The molecule has 1 aliphatic rings. The van der Waals surface area contributed by atoms with E-state index in [0.717, 1.165) is 0 Å². The third-order valence-corrected chi connectivity index (χ3v) is 6.80. The fourth-order valence-corrected chi connectivity index (χ4v) is 4.64. The fraction of sp³-hybridized carbons (Fsp3) is 0.333. The minimum atomic E-state index is -3.22. The Bertz CT molecular complexity index is 1250. The normalized spacial score (nSPS) is 15.6. The molecule has 3 aromatic rings. The first kappa shape index (κ1) is 22.5. The lowest BCUT2D eigenvalue weighted by molar-refractivity contribution is 0.131. The predicted octanol–water partition coefficient (Wildman–Crippen LogP) is 3.98. The topological polar surface area (TPSA) is 93.7 Å². The summed E-state index contributed by atoms with van der Waals surface area (Å²) in [5, 5.41) is 3.96. The Morgan fingerprint density at radius 2 is 1.91 bits per heavy atom. The summed E-state index contributed by atoms with van der Waals surface area (Å²) in [4.78, 5) is 8.53. The summed E-state index contributed by atoms with van der Waals surface area (Å²) in [6, 6.07) is 7.67. The van der Waals surface area contributed by atoms with Gasteiger partial charge in [0.1, 0.15) is 24.1 Å². The van der Waals surface area contributed by atoms with E-state index < -0.39 is 15.8 Å². The molecule has 0 aliphatic carbocycles. The Kier molecular flexibility index (Phi) is 6.36. The first-order valence-corrected chi connectivity index (χ1v) is 12.1. The van der Waals surface area contributed by atoms with Crippen molar-refractivity contribution in [1.82, 2.24) is 14.3 Å². The van der Waals surface area contributed by atoms with Crippen LogP contribution in [0.2, 0.25) is 5.02 Å². The molecule has 2 heterocycles. The van der Waals surface area contributed by atoms with Crippen LogP contribution in [-0.2, 0) is 10.0 Å². The van der Waals surface area contributed by atoms with Gasteiger partial charge in [-0.1, -0.05) is 11.6 Å². The highest BCUT2D eigenvalue weighted by atomic mass is 35.5. The summed E-state index contributed by atoms with van der Waals surface area (Å²) in [6.45, 7) is 0.784. The minimum absolute atomic E-state index is 0.175. The van der Waals surface area contributed by atoms with Gasteiger partial charge in [-0.15, -0.1) is 0 Å². The van der Waals surface area contributed by atoms with Crippen LogP contribution in [0.15, 0.2) is 36.7 Å². The summed E-state index contributed by atoms with van der Waals surface area (Å²) in [5.41, 5.74) is 0.768. The van der Waals surface area contributed by atoms with Gasteiger partial charge in [0.05, 0.1) is 24.6 Å². The van der Waals surface area contributed by atoms with Crippen molar-refractivity contribution in [2.75, 3.05) is 31.8 Å². The predicted molar refractivity (Wildman–Crippen MR) is 121 cm³/mol. The number of hydrogen-bond donors (Lipinski definition) is 1. The molecule has 0 atom stereocenters. The molecule has 0 amide bonds. The van der Waals surface area contributed by atoms with Gasteiger partial charge in [-0.25, -0.2) is 27.1 Å². The van der Waals surface area contributed by atoms with Crippen LogP contribution in [-0.4, -0.2) is 55.3 Å². The van der Waals surface area contributed by atoms with Crippen LogP contribution in [0.3, 0.4) is 0 Å². The van der Waals surface area contributed by atoms with Crippen LogP contribution >= 0.6 is 11.6 Å². The van der Waals surface area contributed by atoms with Crippen molar-refractivity contribution >= 4 is 44.0 Å². The second-order valence-electron chi connectivity index (χ2n) is 7.47. The van der Waals surface area contributed by atoms with Crippen LogP contribution in [0.1, 0.15) is 12.8 Å². The van der Waals surface area contributed by atoms with Crippen LogP contribution in [0.4, 0.5) is 15.9 Å². The number of sulfonamides is 1. The number of nitrogens with one attached hydrogen (secondary N) is 1. The van der Waals surface area contributed by atoms with E-state index in [1.807, 2.05) is 0 Å². The SMILES string of the molecule is COc1cc2ncnc(Nc3cc(Cl)ccc3F)c2cc1OC1CCN(S(C)(=O)=O)CC1. The van der Waals surface area contributed by atoms with Gasteiger partial charge in [0.25, 0.3) is 0 Å². The highest BCUT2D eigenvalue weighted by Crippen LogP contribution is 2.36. The molecule has 32 heavy (non-hydrogen) atoms. The number of methoxy groups -OCH3 is 1. The molecule has 2 aromatic carbocycles. The lowest BCUT2D eigenvalue weighted by Gasteiger charge is -2.30. The number of benzene rings is 2. The molecule has 0 saturated carbocycles. The molecule has 0 unspecified atom stereocenters. The molecule has 0 bridgehead atoms. The first-order valence-electron chi connectivity index (χ1n) is 9.91. The van der Waals surface area contributed by atoms with Gasteiger partial charge >= 0.3 is 0 Å². The first-order chi connectivity index (χ1) is 15.2. The Balaban J connectivity index is 1.63. The van der Waals surface area contributed by atoms with Crippen molar-refractivity contribution in [1.29, 1.82) is 0 Å². The molecule has 8 nitrogen and oxygen atoms in total. The second kappa shape index (κ2) is 9.05. The maximum absolute atomic E-state index is 14.2. The highest BCUT2D eigenvalue weighted by molar-refractivity contribution is 7.88. The van der Waals surface area contributed by atoms with Gasteiger partial charge in [0.15, 0.2) is 11.5 Å². The van der Waals surface area contributed by atoms with E-state index in [2.05, 4.69) is 15.3 Å². The van der Waals surface area contributed by atoms with E-state index in [1.54, 1.807) is 12.1 Å². The summed E-state index contributed by atoms with van der Waals surface area (Å²) in [6.07, 6.45) is 3.51. The van der Waals surface area contributed by atoms with E-state index in [1.165, 1.54) is 42.2 Å². The molecule has 170 valence electrons. The molecule has 1 aromatic heterocycles. The maximum Gasteiger partial charge on any atom is 0.211 e. The van der Waals surface area contributed by atoms with E-state index in [0.29, 0.717) is 59.2 Å². The third-order valence-electron chi connectivity index (χ3n) is 5.27. The average Bonchev–Trinajstić information content (AvgIpc) is 2.76. The second-order valence-corrected chi connectivity index (χ2v) is 9.89. The van der Waals surface area contributed by atoms with Crippen LogP contribution in [0.5, 0.6) is 11.5 Å². The largest absolute Gasteiger partial charge is 0.493 e. The number of anilines is 2. The number of hydrogen-bond acceptors (Lipinski definition) is 7. The van der Waals surface area contributed by atoms with Crippen LogP contribution in [0, 0.1) is 5.82 Å². The van der Waals surface area contributed by atoms with Crippen molar-refractivity contribution in [3.8, 4) is 11.5 Å². The van der Waals surface area contributed by atoms with Gasteiger partial charge in [0.2, 0.25) is 10.0 Å². The van der Waals surface area contributed by atoms with Crippen LogP contribution < -0.4 is 14.8 Å². The van der Waals surface area contributed by atoms with Gasteiger partial charge in [-0.2, -0.15) is 0 Å². The lowest BCUT2D eigenvalue weighted by atomic mass is 10.1. The monoisotopic (exact) mass is 480 g/mol. The van der Waals surface area contributed by atoms with E-state index in [4.69, 9.17) is 21.1 Å². The Labute approximate surface area is 190 Å². The van der Waals surface area contributed by atoms with Gasteiger partial charge < -0.3 is 14.8 Å². The van der Waals surface area contributed by atoms with Crippen LogP contribution in [0.25, 0.3) is 10.9 Å². The number of ether oxygens (including phenoxy) is 2. The smallest absolute Gasteiger partial charge is 0.211 e. The number of fused-ring (bicyclic) bond motifs is 1. The summed E-state index contributed by atoms with van der Waals surface area (Å²) in [5.74, 6) is 0.878.